The van der Waals surface area contributed by atoms with Crippen LogP contribution in [0.4, 0.5) is 0 Å². The van der Waals surface area contributed by atoms with Crippen molar-refractivity contribution >= 4 is 15.9 Å². The molecule has 0 amide bonds. The van der Waals surface area contributed by atoms with Crippen LogP contribution in [0.5, 0.6) is 0 Å². The van der Waals surface area contributed by atoms with Crippen molar-refractivity contribution in [3.63, 3.8) is 0 Å². The lowest BCUT2D eigenvalue weighted by molar-refractivity contribution is 0.779. The van der Waals surface area contributed by atoms with E-state index < -0.39 is 0 Å². The minimum absolute atomic E-state index is 0.815. The molecule has 0 unspecified atom stereocenters. The molecule has 0 saturated heterocycles. The maximum Gasteiger partial charge on any atom is 0.0953 e. The molecule has 0 aliphatic heterocycles. The van der Waals surface area contributed by atoms with Crippen molar-refractivity contribution in [1.29, 1.82) is 0 Å². The first-order valence-electron chi connectivity index (χ1n) is 5.16. The summed E-state index contributed by atoms with van der Waals surface area (Å²) in [7, 11) is 1.93. The summed E-state index contributed by atoms with van der Waals surface area (Å²) in [5.41, 5.74) is 4.51. The molecule has 16 heavy (non-hydrogen) atoms. The van der Waals surface area contributed by atoms with Gasteiger partial charge < -0.3 is 5.32 Å². The van der Waals surface area contributed by atoms with Gasteiger partial charge in [0.2, 0.25) is 0 Å². The van der Waals surface area contributed by atoms with Gasteiger partial charge in [0.25, 0.3) is 0 Å². The molecule has 0 bridgehead atoms. The molecule has 4 heteroatoms. The third kappa shape index (κ3) is 2.18. The van der Waals surface area contributed by atoms with Crippen molar-refractivity contribution in [2.24, 2.45) is 0 Å². The zero-order valence-electron chi connectivity index (χ0n) is 9.34. The van der Waals surface area contributed by atoms with Gasteiger partial charge in [0.15, 0.2) is 0 Å². The number of halogens is 1. The van der Waals surface area contributed by atoms with E-state index in [1.165, 1.54) is 5.56 Å². The maximum atomic E-state index is 4.35. The molecule has 3 nitrogen and oxygen atoms in total. The molecule has 0 radical (unpaired) electrons. The number of aromatic nitrogens is 2. The number of aromatic amines is 1. The van der Waals surface area contributed by atoms with Crippen LogP contribution in [-0.4, -0.2) is 17.2 Å². The van der Waals surface area contributed by atoms with E-state index in [4.69, 9.17) is 0 Å². The van der Waals surface area contributed by atoms with Gasteiger partial charge >= 0.3 is 0 Å². The molecule has 0 saturated carbocycles. The fourth-order valence-electron chi connectivity index (χ4n) is 1.67. The Morgan fingerprint density at radius 1 is 1.31 bits per heavy atom. The first-order chi connectivity index (χ1) is 7.72. The van der Waals surface area contributed by atoms with Crippen molar-refractivity contribution in [1.82, 2.24) is 15.5 Å². The van der Waals surface area contributed by atoms with Crippen molar-refractivity contribution in [2.75, 3.05) is 7.05 Å². The van der Waals surface area contributed by atoms with Crippen LogP contribution in [0.1, 0.15) is 11.3 Å². The van der Waals surface area contributed by atoms with E-state index >= 15 is 0 Å². The number of nitrogens with zero attached hydrogens (tertiary/aromatic N) is 1. The summed E-state index contributed by atoms with van der Waals surface area (Å²) in [5, 5.41) is 10.5. The van der Waals surface area contributed by atoms with Crippen LogP contribution in [0.3, 0.4) is 0 Å². The van der Waals surface area contributed by atoms with Crippen LogP contribution in [0.2, 0.25) is 0 Å². The predicted molar refractivity (Wildman–Crippen MR) is 69.2 cm³/mol. The lowest BCUT2D eigenvalue weighted by Crippen LogP contribution is -2.06. The molecule has 1 aromatic carbocycles. The van der Waals surface area contributed by atoms with Gasteiger partial charge in [0.1, 0.15) is 0 Å². The van der Waals surface area contributed by atoms with E-state index in [0.717, 1.165) is 28.0 Å². The molecule has 0 aliphatic rings. The molecule has 1 aromatic heterocycles. The highest BCUT2D eigenvalue weighted by molar-refractivity contribution is 9.10. The third-order valence-electron chi connectivity index (χ3n) is 2.58. The van der Waals surface area contributed by atoms with Gasteiger partial charge in [-0.3, -0.25) is 5.10 Å². The summed E-state index contributed by atoms with van der Waals surface area (Å²) in [6.07, 6.45) is 0. The maximum absolute atomic E-state index is 4.35. The second-order valence-corrected chi connectivity index (χ2v) is 4.63. The Morgan fingerprint density at radius 2 is 2.00 bits per heavy atom. The molecule has 1 heterocycles. The number of rotatable bonds is 3. The topological polar surface area (TPSA) is 40.7 Å². The fraction of sp³-hybridized carbons (Fsp3) is 0.250. The Balaban J connectivity index is 2.37. The van der Waals surface area contributed by atoms with Crippen molar-refractivity contribution < 1.29 is 0 Å². The predicted octanol–water partition coefficient (Wildman–Crippen LogP) is 2.87. The van der Waals surface area contributed by atoms with E-state index in [9.17, 15) is 0 Å². The van der Waals surface area contributed by atoms with Gasteiger partial charge in [-0.05, 0) is 31.7 Å². The Bertz CT molecular complexity index is 474. The van der Waals surface area contributed by atoms with E-state index in [2.05, 4.69) is 50.5 Å². The molecule has 2 aromatic rings. The molecule has 0 fully saturated rings. The quantitative estimate of drug-likeness (QED) is 0.907. The largest absolute Gasteiger partial charge is 0.314 e. The fourth-order valence-corrected chi connectivity index (χ4v) is 1.94. The van der Waals surface area contributed by atoms with Crippen LogP contribution in [0.15, 0.2) is 28.7 Å². The van der Waals surface area contributed by atoms with Crippen LogP contribution in [0.25, 0.3) is 11.3 Å². The van der Waals surface area contributed by atoms with Gasteiger partial charge in [0, 0.05) is 16.6 Å². The molecule has 0 spiro atoms. The second-order valence-electron chi connectivity index (χ2n) is 3.71. The zero-order valence-corrected chi connectivity index (χ0v) is 10.9. The van der Waals surface area contributed by atoms with E-state index in [1.807, 2.05) is 19.2 Å². The highest BCUT2D eigenvalue weighted by Gasteiger charge is 2.09. The lowest BCUT2D eigenvalue weighted by atomic mass is 10.1. The van der Waals surface area contributed by atoms with Gasteiger partial charge in [0.05, 0.1) is 11.4 Å². The summed E-state index contributed by atoms with van der Waals surface area (Å²) in [6, 6.07) is 8.19. The molecule has 84 valence electrons. The van der Waals surface area contributed by atoms with E-state index in [-0.39, 0.29) is 0 Å². The number of hydrogen-bond acceptors (Lipinski definition) is 2. The minimum Gasteiger partial charge on any atom is -0.314 e. The third-order valence-corrected chi connectivity index (χ3v) is 3.11. The Kier molecular flexibility index (Phi) is 3.41. The number of benzene rings is 1. The van der Waals surface area contributed by atoms with Gasteiger partial charge in [-0.2, -0.15) is 5.10 Å². The second kappa shape index (κ2) is 4.80. The molecule has 2 N–H and O–H groups in total. The van der Waals surface area contributed by atoms with E-state index in [0.29, 0.717) is 0 Å². The lowest BCUT2D eigenvalue weighted by Gasteiger charge is -2.00. The first kappa shape index (κ1) is 11.4. The van der Waals surface area contributed by atoms with Gasteiger partial charge in [-0.15, -0.1) is 0 Å². The summed E-state index contributed by atoms with van der Waals surface area (Å²) in [6.45, 7) is 2.91. The number of nitrogens with one attached hydrogen (secondary N) is 2. The Hall–Kier alpha value is -1.13. The zero-order chi connectivity index (χ0) is 11.5. The average Bonchev–Trinajstić information content (AvgIpc) is 2.63. The molecular weight excluding hydrogens is 266 g/mol. The standard InChI is InChI=1S/C12H14BrN3/c1-8-11(7-14-2)15-16-12(8)9-3-5-10(13)6-4-9/h3-6,14H,7H2,1-2H3,(H,15,16). The Labute approximate surface area is 103 Å². The summed E-state index contributed by atoms with van der Waals surface area (Å²) in [5.74, 6) is 0. The number of hydrogen-bond donors (Lipinski definition) is 2. The van der Waals surface area contributed by atoms with E-state index in [1.54, 1.807) is 0 Å². The number of H-pyrrole nitrogens is 1. The van der Waals surface area contributed by atoms with Crippen LogP contribution in [0, 0.1) is 6.92 Å². The summed E-state index contributed by atoms with van der Waals surface area (Å²) < 4.78 is 1.08. The molecule has 0 atom stereocenters. The average molecular weight is 280 g/mol. The first-order valence-corrected chi connectivity index (χ1v) is 5.96. The van der Waals surface area contributed by atoms with Crippen molar-refractivity contribution in [2.45, 2.75) is 13.5 Å². The SMILES string of the molecule is CNCc1[nH]nc(-c2ccc(Br)cc2)c1C. The summed E-state index contributed by atoms with van der Waals surface area (Å²) in [4.78, 5) is 0. The van der Waals surface area contributed by atoms with Crippen molar-refractivity contribution in [3.8, 4) is 11.3 Å². The minimum atomic E-state index is 0.815. The van der Waals surface area contributed by atoms with Crippen LogP contribution in [-0.2, 0) is 6.54 Å². The monoisotopic (exact) mass is 279 g/mol. The highest BCUT2D eigenvalue weighted by Crippen LogP contribution is 2.24. The van der Waals surface area contributed by atoms with Crippen LogP contribution < -0.4 is 5.32 Å². The molecule has 2 rings (SSSR count). The molecule has 0 aliphatic carbocycles. The normalized spacial score (nSPS) is 10.7. The van der Waals surface area contributed by atoms with Crippen LogP contribution >= 0.6 is 15.9 Å². The Morgan fingerprint density at radius 3 is 2.62 bits per heavy atom. The van der Waals surface area contributed by atoms with Gasteiger partial charge in [-0.25, -0.2) is 0 Å². The molecular formula is C12H14BrN3. The van der Waals surface area contributed by atoms with Gasteiger partial charge in [-0.1, -0.05) is 28.1 Å². The smallest absolute Gasteiger partial charge is 0.0953 e. The summed E-state index contributed by atoms with van der Waals surface area (Å²) >= 11 is 3.43. The highest BCUT2D eigenvalue weighted by atomic mass is 79.9. The van der Waals surface area contributed by atoms with Crippen molar-refractivity contribution in [3.05, 3.63) is 40.0 Å².